The summed E-state index contributed by atoms with van der Waals surface area (Å²) in [4.78, 5) is 10.1. The molecule has 1 aromatic rings. The highest BCUT2D eigenvalue weighted by Gasteiger charge is 2.05. The molecule has 4 heteroatoms. The minimum Gasteiger partial charge on any atom is -0.310 e. The van der Waals surface area contributed by atoms with E-state index in [-0.39, 0.29) is 10.6 Å². The quantitative estimate of drug-likeness (QED) is 0.435. The van der Waals surface area contributed by atoms with Crippen molar-refractivity contribution in [2.75, 3.05) is 0 Å². The number of nitro benzene ring substituents is 1. The molecule has 0 bridgehead atoms. The molecule has 4 nitrogen and oxygen atoms in total. The minimum atomic E-state index is -0.370. The number of hydrogen-bond donors (Lipinski definition) is 1. The molecule has 0 aliphatic heterocycles. The van der Waals surface area contributed by atoms with Crippen LogP contribution < -0.4 is 5.32 Å². The second kappa shape index (κ2) is 7.82. The molecule has 0 saturated heterocycles. The Labute approximate surface area is 109 Å². The van der Waals surface area contributed by atoms with E-state index in [2.05, 4.69) is 19.2 Å². The Bertz CT molecular complexity index is 363. The summed E-state index contributed by atoms with van der Waals surface area (Å²) >= 11 is 0. The summed E-state index contributed by atoms with van der Waals surface area (Å²) in [6, 6.07) is 7.22. The average molecular weight is 250 g/mol. The van der Waals surface area contributed by atoms with Gasteiger partial charge in [-0.05, 0) is 18.9 Å². The van der Waals surface area contributed by atoms with Gasteiger partial charge < -0.3 is 5.32 Å². The number of nitro groups is 1. The van der Waals surface area contributed by atoms with E-state index in [9.17, 15) is 10.1 Å². The maximum atomic E-state index is 10.5. The maximum Gasteiger partial charge on any atom is 0.269 e. The predicted octanol–water partition coefficient (Wildman–Crippen LogP) is 3.65. The van der Waals surface area contributed by atoms with Crippen LogP contribution in [-0.2, 0) is 6.54 Å². The minimum absolute atomic E-state index is 0.148. The van der Waals surface area contributed by atoms with Gasteiger partial charge in [0.25, 0.3) is 5.69 Å². The van der Waals surface area contributed by atoms with Crippen molar-refractivity contribution < 1.29 is 4.92 Å². The van der Waals surface area contributed by atoms with Crippen LogP contribution in [0.25, 0.3) is 0 Å². The number of non-ortho nitro benzene ring substituents is 1. The van der Waals surface area contributed by atoms with Gasteiger partial charge in [-0.3, -0.25) is 10.1 Å². The van der Waals surface area contributed by atoms with E-state index in [1.807, 2.05) is 12.1 Å². The first-order valence-corrected chi connectivity index (χ1v) is 6.60. The lowest BCUT2D eigenvalue weighted by Gasteiger charge is -2.13. The largest absolute Gasteiger partial charge is 0.310 e. The topological polar surface area (TPSA) is 55.2 Å². The van der Waals surface area contributed by atoms with E-state index < -0.39 is 0 Å². The fourth-order valence-corrected chi connectivity index (χ4v) is 1.83. The van der Waals surface area contributed by atoms with E-state index in [0.717, 1.165) is 12.1 Å². The fraction of sp³-hybridized carbons (Fsp3) is 0.571. The van der Waals surface area contributed by atoms with Gasteiger partial charge in [0.2, 0.25) is 0 Å². The Kier molecular flexibility index (Phi) is 6.36. The highest BCUT2D eigenvalue weighted by Crippen LogP contribution is 2.12. The smallest absolute Gasteiger partial charge is 0.269 e. The van der Waals surface area contributed by atoms with E-state index in [4.69, 9.17) is 0 Å². The van der Waals surface area contributed by atoms with E-state index in [1.54, 1.807) is 12.1 Å². The molecule has 0 saturated carbocycles. The van der Waals surface area contributed by atoms with Crippen LogP contribution >= 0.6 is 0 Å². The Balaban J connectivity index is 2.32. The zero-order valence-corrected chi connectivity index (χ0v) is 11.2. The van der Waals surface area contributed by atoms with Gasteiger partial charge in [-0.15, -0.1) is 0 Å². The number of benzene rings is 1. The summed E-state index contributed by atoms with van der Waals surface area (Å²) in [6.07, 6.45) is 4.96. The second-order valence-electron chi connectivity index (χ2n) is 4.70. The lowest BCUT2D eigenvalue weighted by molar-refractivity contribution is -0.384. The molecule has 1 aromatic carbocycles. The molecule has 1 N–H and O–H groups in total. The van der Waals surface area contributed by atoms with Crippen molar-refractivity contribution in [3.05, 3.63) is 39.9 Å². The average Bonchev–Trinajstić information content (AvgIpc) is 2.37. The first-order valence-electron chi connectivity index (χ1n) is 6.60. The molecule has 0 spiro atoms. The molecular formula is C14H22N2O2. The van der Waals surface area contributed by atoms with Crippen molar-refractivity contribution in [2.24, 2.45) is 0 Å². The molecule has 0 heterocycles. The molecule has 0 aromatic heterocycles. The van der Waals surface area contributed by atoms with Crippen LogP contribution in [0.15, 0.2) is 24.3 Å². The normalized spacial score (nSPS) is 12.3. The summed E-state index contributed by atoms with van der Waals surface area (Å²) in [5.74, 6) is 0. The van der Waals surface area contributed by atoms with Crippen LogP contribution in [0.4, 0.5) is 5.69 Å². The van der Waals surface area contributed by atoms with Gasteiger partial charge in [0, 0.05) is 24.7 Å². The van der Waals surface area contributed by atoms with Crippen molar-refractivity contribution in [1.82, 2.24) is 5.32 Å². The Morgan fingerprint density at radius 2 is 1.94 bits per heavy atom. The fourth-order valence-electron chi connectivity index (χ4n) is 1.83. The summed E-state index contributed by atoms with van der Waals surface area (Å²) in [7, 11) is 0. The van der Waals surface area contributed by atoms with Crippen molar-refractivity contribution >= 4 is 5.69 Å². The number of nitrogens with one attached hydrogen (secondary N) is 1. The van der Waals surface area contributed by atoms with Crippen molar-refractivity contribution in [3.8, 4) is 0 Å². The van der Waals surface area contributed by atoms with Gasteiger partial charge in [0.1, 0.15) is 0 Å². The van der Waals surface area contributed by atoms with Crippen LogP contribution in [0.2, 0.25) is 0 Å². The van der Waals surface area contributed by atoms with Gasteiger partial charge in [0.15, 0.2) is 0 Å². The number of hydrogen-bond acceptors (Lipinski definition) is 3. The van der Waals surface area contributed by atoms with E-state index in [1.165, 1.54) is 25.7 Å². The van der Waals surface area contributed by atoms with Crippen LogP contribution in [0.1, 0.15) is 45.1 Å². The zero-order chi connectivity index (χ0) is 13.4. The highest BCUT2D eigenvalue weighted by atomic mass is 16.6. The maximum absolute atomic E-state index is 10.5. The van der Waals surface area contributed by atoms with Crippen LogP contribution in [-0.4, -0.2) is 11.0 Å². The van der Waals surface area contributed by atoms with Crippen LogP contribution in [0, 0.1) is 10.1 Å². The van der Waals surface area contributed by atoms with Crippen LogP contribution in [0.5, 0.6) is 0 Å². The summed E-state index contributed by atoms with van der Waals surface area (Å²) in [5.41, 5.74) is 1.23. The summed E-state index contributed by atoms with van der Waals surface area (Å²) in [5, 5.41) is 14.0. The number of nitrogens with zero attached hydrogens (tertiary/aromatic N) is 1. The third-order valence-corrected chi connectivity index (χ3v) is 3.04. The summed E-state index contributed by atoms with van der Waals surface area (Å²) in [6.45, 7) is 5.15. The lowest BCUT2D eigenvalue weighted by atomic mass is 10.1. The lowest BCUT2D eigenvalue weighted by Crippen LogP contribution is -2.25. The van der Waals surface area contributed by atoms with Gasteiger partial charge in [-0.2, -0.15) is 0 Å². The molecule has 0 aliphatic carbocycles. The molecule has 0 amide bonds. The Morgan fingerprint density at radius 3 is 2.50 bits per heavy atom. The third-order valence-electron chi connectivity index (χ3n) is 3.04. The molecule has 18 heavy (non-hydrogen) atoms. The number of unbranched alkanes of at least 4 members (excludes halogenated alkanes) is 2. The van der Waals surface area contributed by atoms with E-state index in [0.29, 0.717) is 6.04 Å². The molecule has 0 aliphatic rings. The Morgan fingerprint density at radius 1 is 1.28 bits per heavy atom. The first-order chi connectivity index (χ1) is 8.63. The molecule has 1 rings (SSSR count). The van der Waals surface area contributed by atoms with Crippen LogP contribution in [0.3, 0.4) is 0 Å². The van der Waals surface area contributed by atoms with Gasteiger partial charge in [0.05, 0.1) is 4.92 Å². The SMILES string of the molecule is CCCCCC(C)NCc1ccc([N+](=O)[O-])cc1. The van der Waals surface area contributed by atoms with Gasteiger partial charge >= 0.3 is 0 Å². The predicted molar refractivity (Wildman–Crippen MR) is 73.5 cm³/mol. The molecule has 1 unspecified atom stereocenters. The van der Waals surface area contributed by atoms with E-state index >= 15 is 0 Å². The van der Waals surface area contributed by atoms with Gasteiger partial charge in [-0.25, -0.2) is 0 Å². The van der Waals surface area contributed by atoms with Crippen molar-refractivity contribution in [3.63, 3.8) is 0 Å². The first kappa shape index (κ1) is 14.6. The standard InChI is InChI=1S/C14H22N2O2/c1-3-4-5-6-12(2)15-11-13-7-9-14(10-8-13)16(17)18/h7-10,12,15H,3-6,11H2,1-2H3. The van der Waals surface area contributed by atoms with Gasteiger partial charge in [-0.1, -0.05) is 38.3 Å². The Hall–Kier alpha value is -1.42. The molecule has 0 radical (unpaired) electrons. The van der Waals surface area contributed by atoms with Crippen molar-refractivity contribution in [1.29, 1.82) is 0 Å². The highest BCUT2D eigenvalue weighted by molar-refractivity contribution is 5.32. The molecule has 100 valence electrons. The second-order valence-corrected chi connectivity index (χ2v) is 4.70. The summed E-state index contributed by atoms with van der Waals surface area (Å²) < 4.78 is 0. The molecule has 0 fully saturated rings. The zero-order valence-electron chi connectivity index (χ0n) is 11.2. The monoisotopic (exact) mass is 250 g/mol. The van der Waals surface area contributed by atoms with Crippen molar-refractivity contribution in [2.45, 2.75) is 52.1 Å². The number of rotatable bonds is 8. The molecular weight excluding hydrogens is 228 g/mol. The third kappa shape index (κ3) is 5.27. The molecule has 1 atom stereocenters.